The number of hydrogen-bond acceptors (Lipinski definition) is 2. The maximum absolute atomic E-state index is 12.5. The van der Waals surface area contributed by atoms with Crippen molar-refractivity contribution in [3.05, 3.63) is 0 Å². The van der Waals surface area contributed by atoms with Gasteiger partial charge in [0.2, 0.25) is 5.91 Å². The van der Waals surface area contributed by atoms with Gasteiger partial charge in [-0.3, -0.25) is 4.79 Å². The van der Waals surface area contributed by atoms with Crippen molar-refractivity contribution in [2.45, 2.75) is 37.9 Å². The third kappa shape index (κ3) is 2.91. The molecule has 0 aliphatic carbocycles. The molecule has 2 fully saturated rings. The van der Waals surface area contributed by atoms with E-state index in [-0.39, 0.29) is 37.9 Å². The number of carbonyl (C=O) groups excluding carboxylic acids is 1. The molecule has 2 aliphatic heterocycles. The van der Waals surface area contributed by atoms with Gasteiger partial charge in [-0.1, -0.05) is 0 Å². The van der Waals surface area contributed by atoms with Crippen LogP contribution >= 0.6 is 0 Å². The minimum atomic E-state index is -4.11. The Hall–Kier alpha value is -0.780. The lowest BCUT2D eigenvalue weighted by atomic mass is 9.96. The molecule has 0 aromatic heterocycles. The molecule has 2 aliphatic rings. The number of piperidine rings is 1. The molecule has 2 rings (SSSR count). The van der Waals surface area contributed by atoms with Gasteiger partial charge in [0.05, 0.1) is 12.0 Å². The van der Waals surface area contributed by atoms with Gasteiger partial charge in [0.15, 0.2) is 0 Å². The second-order valence-electron chi connectivity index (χ2n) is 4.79. The smallest absolute Gasteiger partial charge is 0.341 e. The van der Waals surface area contributed by atoms with Crippen LogP contribution < -0.4 is 5.32 Å². The first kappa shape index (κ1) is 12.7. The van der Waals surface area contributed by atoms with Gasteiger partial charge in [0.25, 0.3) is 0 Å². The minimum absolute atomic E-state index is 0.0249. The number of amides is 1. The minimum Gasteiger partial charge on any atom is -0.341 e. The van der Waals surface area contributed by atoms with Crippen molar-refractivity contribution >= 4 is 5.91 Å². The van der Waals surface area contributed by atoms with Crippen molar-refractivity contribution in [1.29, 1.82) is 0 Å². The van der Waals surface area contributed by atoms with Crippen LogP contribution in [0.4, 0.5) is 13.2 Å². The fourth-order valence-electron chi connectivity index (χ4n) is 2.54. The largest absolute Gasteiger partial charge is 0.391 e. The van der Waals surface area contributed by atoms with E-state index in [0.717, 1.165) is 19.4 Å². The van der Waals surface area contributed by atoms with Crippen LogP contribution in [0.15, 0.2) is 0 Å². The number of alkyl halides is 3. The van der Waals surface area contributed by atoms with Gasteiger partial charge in [-0.25, -0.2) is 0 Å². The molecular formula is C11H17F3N2O. The average Bonchev–Trinajstić information content (AvgIpc) is 2.80. The van der Waals surface area contributed by atoms with Crippen molar-refractivity contribution in [3.8, 4) is 0 Å². The van der Waals surface area contributed by atoms with Crippen LogP contribution in [0.3, 0.4) is 0 Å². The Morgan fingerprint density at radius 3 is 2.29 bits per heavy atom. The number of hydrogen-bond donors (Lipinski definition) is 1. The van der Waals surface area contributed by atoms with Crippen LogP contribution in [0.25, 0.3) is 0 Å². The topological polar surface area (TPSA) is 32.3 Å². The summed E-state index contributed by atoms with van der Waals surface area (Å²) in [5.41, 5.74) is 0. The molecule has 98 valence electrons. The van der Waals surface area contributed by atoms with E-state index < -0.39 is 12.1 Å². The van der Waals surface area contributed by atoms with Crippen molar-refractivity contribution in [2.75, 3.05) is 19.6 Å². The van der Waals surface area contributed by atoms with Crippen LogP contribution in [0.2, 0.25) is 0 Å². The molecule has 0 spiro atoms. The highest BCUT2D eigenvalue weighted by atomic mass is 19.4. The Kier molecular flexibility index (Phi) is 3.61. The van der Waals surface area contributed by atoms with Gasteiger partial charge in [-0.15, -0.1) is 0 Å². The first-order chi connectivity index (χ1) is 7.98. The van der Waals surface area contributed by atoms with Crippen molar-refractivity contribution in [3.63, 3.8) is 0 Å². The van der Waals surface area contributed by atoms with E-state index in [0.29, 0.717) is 0 Å². The van der Waals surface area contributed by atoms with E-state index in [9.17, 15) is 18.0 Å². The Morgan fingerprint density at radius 1 is 1.18 bits per heavy atom. The lowest BCUT2D eigenvalue weighted by Gasteiger charge is -2.34. The monoisotopic (exact) mass is 250 g/mol. The van der Waals surface area contributed by atoms with E-state index in [1.807, 2.05) is 0 Å². The summed E-state index contributed by atoms with van der Waals surface area (Å²) in [7, 11) is 0. The summed E-state index contributed by atoms with van der Waals surface area (Å²) in [5.74, 6) is -1.26. The fraction of sp³-hybridized carbons (Fsp3) is 0.909. The summed E-state index contributed by atoms with van der Waals surface area (Å²) in [6.07, 6.45) is -2.25. The fourth-order valence-corrected chi connectivity index (χ4v) is 2.54. The summed E-state index contributed by atoms with van der Waals surface area (Å²) in [5, 5.41) is 3.08. The molecule has 1 amide bonds. The quantitative estimate of drug-likeness (QED) is 0.765. The third-order valence-electron chi connectivity index (χ3n) is 3.63. The van der Waals surface area contributed by atoms with Crippen molar-refractivity contribution < 1.29 is 18.0 Å². The summed E-state index contributed by atoms with van der Waals surface area (Å²) >= 11 is 0. The molecule has 0 saturated carbocycles. The van der Waals surface area contributed by atoms with Crippen LogP contribution in [-0.2, 0) is 4.79 Å². The van der Waals surface area contributed by atoms with Gasteiger partial charge in [-0.2, -0.15) is 13.2 Å². The molecule has 2 saturated heterocycles. The van der Waals surface area contributed by atoms with Crippen LogP contribution in [-0.4, -0.2) is 42.7 Å². The van der Waals surface area contributed by atoms with E-state index in [4.69, 9.17) is 0 Å². The standard InChI is InChI=1S/C11H17F3N2O/c12-11(13,14)8-3-6-16(7-4-8)10(17)9-2-1-5-15-9/h8-9,15H,1-7H2. The third-order valence-corrected chi connectivity index (χ3v) is 3.63. The highest BCUT2D eigenvalue weighted by Gasteiger charge is 2.42. The molecule has 0 bridgehead atoms. The maximum atomic E-state index is 12.5. The normalized spacial score (nSPS) is 27.5. The number of nitrogens with zero attached hydrogens (tertiary/aromatic N) is 1. The average molecular weight is 250 g/mol. The first-order valence-corrected chi connectivity index (χ1v) is 6.07. The molecule has 0 aromatic carbocycles. The number of likely N-dealkylation sites (tertiary alicyclic amines) is 1. The lowest BCUT2D eigenvalue weighted by Crippen LogP contribution is -2.48. The lowest BCUT2D eigenvalue weighted by molar-refractivity contribution is -0.186. The van der Waals surface area contributed by atoms with E-state index in [1.54, 1.807) is 4.90 Å². The Morgan fingerprint density at radius 2 is 1.82 bits per heavy atom. The molecule has 17 heavy (non-hydrogen) atoms. The molecular weight excluding hydrogens is 233 g/mol. The summed E-state index contributed by atoms with van der Waals surface area (Å²) in [6, 6.07) is -0.169. The van der Waals surface area contributed by atoms with Gasteiger partial charge < -0.3 is 10.2 Å². The molecule has 2 heterocycles. The molecule has 1 atom stereocenters. The van der Waals surface area contributed by atoms with Crippen molar-refractivity contribution in [1.82, 2.24) is 10.2 Å². The van der Waals surface area contributed by atoms with Gasteiger partial charge >= 0.3 is 6.18 Å². The van der Waals surface area contributed by atoms with E-state index >= 15 is 0 Å². The van der Waals surface area contributed by atoms with Crippen LogP contribution in [0.5, 0.6) is 0 Å². The number of rotatable bonds is 1. The summed E-state index contributed by atoms with van der Waals surface area (Å²) < 4.78 is 37.4. The Balaban J connectivity index is 1.84. The highest BCUT2D eigenvalue weighted by molar-refractivity contribution is 5.82. The summed E-state index contributed by atoms with van der Waals surface area (Å²) in [6.45, 7) is 1.30. The molecule has 1 N–H and O–H groups in total. The predicted octanol–water partition coefficient (Wildman–Crippen LogP) is 1.54. The Labute approximate surface area is 98.3 Å². The van der Waals surface area contributed by atoms with Gasteiger partial charge in [-0.05, 0) is 32.2 Å². The van der Waals surface area contributed by atoms with Gasteiger partial charge in [0.1, 0.15) is 0 Å². The molecule has 0 radical (unpaired) electrons. The van der Waals surface area contributed by atoms with Crippen LogP contribution in [0.1, 0.15) is 25.7 Å². The zero-order valence-electron chi connectivity index (χ0n) is 9.59. The SMILES string of the molecule is O=C(C1CCCN1)N1CCC(C(F)(F)F)CC1. The number of nitrogens with one attached hydrogen (secondary N) is 1. The zero-order chi connectivity index (χ0) is 12.5. The number of halogens is 3. The predicted molar refractivity (Wildman–Crippen MR) is 56.4 cm³/mol. The number of carbonyl (C=O) groups is 1. The van der Waals surface area contributed by atoms with E-state index in [1.165, 1.54) is 0 Å². The molecule has 0 aromatic rings. The maximum Gasteiger partial charge on any atom is 0.391 e. The second-order valence-corrected chi connectivity index (χ2v) is 4.79. The highest BCUT2D eigenvalue weighted by Crippen LogP contribution is 2.34. The second kappa shape index (κ2) is 4.84. The Bertz CT molecular complexity index is 279. The molecule has 6 heteroatoms. The molecule has 1 unspecified atom stereocenters. The summed E-state index contributed by atoms with van der Waals surface area (Å²) in [4.78, 5) is 13.5. The van der Waals surface area contributed by atoms with E-state index in [2.05, 4.69) is 5.32 Å². The van der Waals surface area contributed by atoms with Gasteiger partial charge in [0, 0.05) is 13.1 Å². The first-order valence-electron chi connectivity index (χ1n) is 6.07. The van der Waals surface area contributed by atoms with Crippen molar-refractivity contribution in [2.24, 2.45) is 5.92 Å². The zero-order valence-corrected chi connectivity index (χ0v) is 9.59. The molecule has 3 nitrogen and oxygen atoms in total. The van der Waals surface area contributed by atoms with Crippen LogP contribution in [0, 0.1) is 5.92 Å².